The first-order chi connectivity index (χ1) is 27.6. The number of nitrogens with one attached hydrogen (secondary N) is 3. The van der Waals surface area contributed by atoms with Gasteiger partial charge in [-0.2, -0.15) is 0 Å². The predicted octanol–water partition coefficient (Wildman–Crippen LogP) is 4.12. The van der Waals surface area contributed by atoms with Crippen molar-refractivity contribution in [3.8, 4) is 22.8 Å². The number of alkyl carbamates (subject to hydrolysis) is 1. The Morgan fingerprint density at radius 3 is 2.33 bits per heavy atom. The Balaban J connectivity index is 1.20. The molecule has 3 aromatic carbocycles. The standard InChI is InChI=1S/C42H45N5O10S/c1-6-26-22-42(26,39(50)46-58(52,53)29-15-11-8-12-16-29)45-37(48)33-20-28(23-47(33)38(49)36(35-24-55-35)44-40(51)57-41(2,3)4)56-34-21-31(25-13-9-7-10-14-25)43-32-19-27(54-5)17-18-30(32)34/h6-19,21,26,28,33,35-36H,1,20,22-24H2,2-5H3,(H,44,51)(H,45,48)(H,46,50)/t26?,28-,33+,35?,36+,42-/m1/s1. The number of methoxy groups -OCH3 is 1. The van der Waals surface area contributed by atoms with Crippen molar-refractivity contribution < 1.29 is 46.5 Å². The van der Waals surface area contributed by atoms with E-state index in [0.29, 0.717) is 28.1 Å². The molecule has 3 N–H and O–H groups in total. The number of hydrogen-bond donors (Lipinski definition) is 3. The molecule has 6 atom stereocenters. The van der Waals surface area contributed by atoms with Crippen LogP contribution < -0.4 is 24.8 Å². The van der Waals surface area contributed by atoms with Gasteiger partial charge in [0, 0.05) is 35.4 Å². The molecule has 1 aliphatic carbocycles. The molecule has 16 heteroatoms. The van der Waals surface area contributed by atoms with E-state index in [1.807, 2.05) is 36.4 Å². The summed E-state index contributed by atoms with van der Waals surface area (Å²) in [5.74, 6) is -1.87. The van der Waals surface area contributed by atoms with Gasteiger partial charge in [-0.25, -0.2) is 22.9 Å². The van der Waals surface area contributed by atoms with E-state index >= 15 is 0 Å². The van der Waals surface area contributed by atoms with E-state index in [0.717, 1.165) is 5.56 Å². The number of likely N-dealkylation sites (tertiary alicyclic amines) is 1. The minimum absolute atomic E-state index is 0.0261. The minimum atomic E-state index is -4.29. The van der Waals surface area contributed by atoms with Gasteiger partial charge in [0.15, 0.2) is 0 Å². The lowest BCUT2D eigenvalue weighted by molar-refractivity contribution is -0.141. The Morgan fingerprint density at radius 2 is 1.71 bits per heavy atom. The van der Waals surface area contributed by atoms with Crippen LogP contribution in [0, 0.1) is 5.92 Å². The molecule has 2 saturated heterocycles. The van der Waals surface area contributed by atoms with Crippen LogP contribution in [0.5, 0.6) is 11.5 Å². The first-order valence-electron chi connectivity index (χ1n) is 18.8. The van der Waals surface area contributed by atoms with Crippen LogP contribution in [0.2, 0.25) is 0 Å². The summed E-state index contributed by atoms with van der Waals surface area (Å²) in [5.41, 5.74) is -0.482. The highest BCUT2D eigenvalue weighted by Crippen LogP contribution is 2.45. The fraction of sp³-hybridized carbons (Fsp3) is 0.357. The van der Waals surface area contributed by atoms with Crippen LogP contribution in [0.4, 0.5) is 4.79 Å². The third kappa shape index (κ3) is 8.62. The summed E-state index contributed by atoms with van der Waals surface area (Å²) < 4.78 is 51.5. The number of hydrogen-bond acceptors (Lipinski definition) is 11. The van der Waals surface area contributed by atoms with Gasteiger partial charge >= 0.3 is 6.09 Å². The first-order valence-corrected chi connectivity index (χ1v) is 20.3. The van der Waals surface area contributed by atoms with Gasteiger partial charge in [-0.3, -0.25) is 14.4 Å². The Bertz CT molecular complexity index is 2350. The van der Waals surface area contributed by atoms with Crippen molar-refractivity contribution in [2.24, 2.45) is 5.92 Å². The minimum Gasteiger partial charge on any atom is -0.497 e. The number of nitrogens with zero attached hydrogens (tertiary/aromatic N) is 2. The Morgan fingerprint density at radius 1 is 1.02 bits per heavy atom. The maximum atomic E-state index is 14.5. The topological polar surface area (TPSA) is 195 Å². The number of benzene rings is 3. The molecule has 2 aliphatic heterocycles. The molecule has 4 amide bonds. The summed E-state index contributed by atoms with van der Waals surface area (Å²) in [6.45, 7) is 8.94. The maximum absolute atomic E-state index is 14.5. The fourth-order valence-corrected chi connectivity index (χ4v) is 8.16. The number of rotatable bonds is 13. The van der Waals surface area contributed by atoms with Crippen LogP contribution in [0.15, 0.2) is 102 Å². The van der Waals surface area contributed by atoms with E-state index < -0.39 is 75.2 Å². The Kier molecular flexibility index (Phi) is 10.9. The van der Waals surface area contributed by atoms with Gasteiger partial charge in [0.1, 0.15) is 46.9 Å². The number of fused-ring (bicyclic) bond motifs is 1. The number of sulfonamides is 1. The normalized spacial score (nSPS) is 22.9. The third-order valence-corrected chi connectivity index (χ3v) is 11.5. The van der Waals surface area contributed by atoms with Crippen LogP contribution >= 0.6 is 0 Å². The van der Waals surface area contributed by atoms with Crippen LogP contribution in [0.1, 0.15) is 33.6 Å². The molecule has 304 valence electrons. The van der Waals surface area contributed by atoms with Crippen LogP contribution in [0.25, 0.3) is 22.2 Å². The van der Waals surface area contributed by atoms with Gasteiger partial charge in [0.2, 0.25) is 11.8 Å². The lowest BCUT2D eigenvalue weighted by Crippen LogP contribution is -2.59. The molecule has 7 rings (SSSR count). The number of carbonyl (C=O) groups excluding carboxylic acids is 4. The summed E-state index contributed by atoms with van der Waals surface area (Å²) in [4.78, 5) is 61.7. The van der Waals surface area contributed by atoms with Gasteiger partial charge in [0.05, 0.1) is 36.4 Å². The number of ether oxygens (including phenoxy) is 4. The van der Waals surface area contributed by atoms with E-state index in [4.69, 9.17) is 23.9 Å². The zero-order valence-electron chi connectivity index (χ0n) is 32.5. The zero-order valence-corrected chi connectivity index (χ0v) is 33.3. The van der Waals surface area contributed by atoms with E-state index in [-0.39, 0.29) is 30.9 Å². The van der Waals surface area contributed by atoms with E-state index in [1.54, 1.807) is 52.1 Å². The molecule has 2 unspecified atom stereocenters. The highest BCUT2D eigenvalue weighted by molar-refractivity contribution is 7.90. The van der Waals surface area contributed by atoms with Crippen molar-refractivity contribution in [3.63, 3.8) is 0 Å². The first kappa shape index (κ1) is 40.2. The molecule has 4 aromatic rings. The quantitative estimate of drug-likeness (QED) is 0.130. The summed E-state index contributed by atoms with van der Waals surface area (Å²) in [6.07, 6.45) is -0.768. The number of pyridine rings is 1. The molecule has 1 saturated carbocycles. The van der Waals surface area contributed by atoms with Gasteiger partial charge in [0.25, 0.3) is 15.9 Å². The molecule has 58 heavy (non-hydrogen) atoms. The highest BCUT2D eigenvalue weighted by atomic mass is 32.2. The predicted molar refractivity (Wildman–Crippen MR) is 212 cm³/mol. The van der Waals surface area contributed by atoms with Crippen molar-refractivity contribution in [1.82, 2.24) is 25.2 Å². The molecule has 0 spiro atoms. The summed E-state index contributed by atoms with van der Waals surface area (Å²) in [6, 6.07) is 21.6. The van der Waals surface area contributed by atoms with Crippen molar-refractivity contribution in [2.75, 3.05) is 20.3 Å². The Labute approximate surface area is 336 Å². The SMILES string of the molecule is C=CC1C[C@]1(NC(=O)[C@@H]1C[C@@H](Oc2cc(-c3ccccc3)nc3cc(OC)ccc23)CN1C(=O)[C@@H](NC(=O)OC(C)(C)C)C1CO1)C(=O)NS(=O)(=O)c1ccccc1. The van der Waals surface area contributed by atoms with Crippen molar-refractivity contribution in [3.05, 3.63) is 97.6 Å². The average Bonchev–Trinajstić information content (AvgIpc) is 4.12. The molecule has 0 bridgehead atoms. The lowest BCUT2D eigenvalue weighted by Gasteiger charge is -2.29. The molecular formula is C42H45N5O10S. The molecule has 0 radical (unpaired) electrons. The van der Waals surface area contributed by atoms with Gasteiger partial charge < -0.3 is 34.5 Å². The monoisotopic (exact) mass is 811 g/mol. The number of epoxide rings is 1. The van der Waals surface area contributed by atoms with Gasteiger partial charge in [-0.1, -0.05) is 54.6 Å². The second kappa shape index (κ2) is 15.7. The lowest BCUT2D eigenvalue weighted by atomic mass is 10.1. The van der Waals surface area contributed by atoms with Crippen LogP contribution in [-0.2, 0) is 33.9 Å². The highest BCUT2D eigenvalue weighted by Gasteiger charge is 2.61. The molecular weight excluding hydrogens is 767 g/mol. The Hall–Kier alpha value is -6.00. The summed E-state index contributed by atoms with van der Waals surface area (Å²) in [7, 11) is -2.73. The van der Waals surface area contributed by atoms with Crippen LogP contribution in [0.3, 0.4) is 0 Å². The molecule has 3 heterocycles. The van der Waals surface area contributed by atoms with Gasteiger partial charge in [-0.15, -0.1) is 6.58 Å². The van der Waals surface area contributed by atoms with E-state index in [9.17, 15) is 27.6 Å². The molecule has 1 aromatic heterocycles. The largest absolute Gasteiger partial charge is 0.497 e. The van der Waals surface area contributed by atoms with Gasteiger partial charge in [-0.05, 0) is 51.5 Å². The van der Waals surface area contributed by atoms with E-state index in [2.05, 4.69) is 21.9 Å². The zero-order chi connectivity index (χ0) is 41.4. The van der Waals surface area contributed by atoms with Crippen molar-refractivity contribution in [1.29, 1.82) is 0 Å². The van der Waals surface area contributed by atoms with Crippen LogP contribution in [-0.4, -0.2) is 97.8 Å². The smallest absolute Gasteiger partial charge is 0.408 e. The maximum Gasteiger partial charge on any atom is 0.408 e. The second-order valence-electron chi connectivity index (χ2n) is 15.5. The second-order valence-corrected chi connectivity index (χ2v) is 17.2. The fourth-order valence-electron chi connectivity index (χ4n) is 7.10. The average molecular weight is 812 g/mol. The molecule has 3 aliphatic rings. The number of aromatic nitrogens is 1. The molecule has 15 nitrogen and oxygen atoms in total. The van der Waals surface area contributed by atoms with E-state index in [1.165, 1.54) is 35.2 Å². The van der Waals surface area contributed by atoms with Crippen molar-refractivity contribution in [2.45, 2.75) is 73.9 Å². The number of carbonyl (C=O) groups is 4. The molecule has 3 fully saturated rings. The number of amides is 4. The van der Waals surface area contributed by atoms with Crippen molar-refractivity contribution >= 4 is 44.7 Å². The summed E-state index contributed by atoms with van der Waals surface area (Å²) >= 11 is 0. The summed E-state index contributed by atoms with van der Waals surface area (Å²) in [5, 5.41) is 6.05. The third-order valence-electron chi connectivity index (χ3n) is 10.2.